The average molecular weight is 513 g/mol. The molecule has 9 heteroatoms. The first-order valence-corrected chi connectivity index (χ1v) is 10.3. The number of ether oxygens (including phenoxy) is 2. The Morgan fingerprint density at radius 3 is 2.48 bits per heavy atom. The fourth-order valence-corrected chi connectivity index (χ4v) is 3.06. The fraction of sp³-hybridized carbons (Fsp3) is 0.450. The molecular weight excluding hydrogens is 485 g/mol. The maximum Gasteiger partial charge on any atom is 0.240 e. The Bertz CT molecular complexity index is 881. The maximum absolute atomic E-state index is 12.0. The summed E-state index contributed by atoms with van der Waals surface area (Å²) in [5.74, 6) is 1.99. The van der Waals surface area contributed by atoms with E-state index in [1.807, 2.05) is 32.9 Å². The Balaban J connectivity index is 2.17. The number of carbonyl (C=O) groups excluding carboxylic acids is 1. The van der Waals surface area contributed by atoms with E-state index >= 15 is 0 Å². The minimum absolute atomic E-state index is 0.129. The molecule has 0 aliphatic heterocycles. The molecule has 1 aromatic heterocycles. The number of nitrogens with zero attached hydrogens (tertiary/aromatic N) is 2. The number of aromatic nitrogens is 2. The summed E-state index contributed by atoms with van der Waals surface area (Å²) in [7, 11) is 1.64. The van der Waals surface area contributed by atoms with Gasteiger partial charge in [0.2, 0.25) is 11.9 Å². The highest BCUT2D eigenvalue weighted by atomic mass is 127. The molecule has 0 unspecified atom stereocenters. The summed E-state index contributed by atoms with van der Waals surface area (Å²) in [6.45, 7) is 10.2. The molecule has 4 N–H and O–H groups in total. The van der Waals surface area contributed by atoms with Crippen LogP contribution in [0, 0.1) is 3.57 Å². The summed E-state index contributed by atoms with van der Waals surface area (Å²) in [6, 6.07) is 3.84. The van der Waals surface area contributed by atoms with Crippen LogP contribution in [-0.4, -0.2) is 35.1 Å². The molecule has 2 rings (SSSR count). The van der Waals surface area contributed by atoms with Crippen molar-refractivity contribution in [2.45, 2.75) is 46.1 Å². The van der Waals surface area contributed by atoms with Crippen molar-refractivity contribution >= 4 is 40.3 Å². The molecule has 0 bridgehead atoms. The highest BCUT2D eigenvalue weighted by molar-refractivity contribution is 14.1. The van der Waals surface area contributed by atoms with Gasteiger partial charge in [0.1, 0.15) is 11.5 Å². The number of rotatable bonds is 7. The largest absolute Gasteiger partial charge is 0.496 e. The van der Waals surface area contributed by atoms with E-state index < -0.39 is 0 Å². The second kappa shape index (κ2) is 9.57. The van der Waals surface area contributed by atoms with Crippen molar-refractivity contribution in [1.82, 2.24) is 15.3 Å². The zero-order valence-electron chi connectivity index (χ0n) is 17.6. The fourth-order valence-electron chi connectivity index (χ4n) is 2.40. The van der Waals surface area contributed by atoms with Crippen molar-refractivity contribution in [3.05, 3.63) is 27.5 Å². The number of carbonyl (C=O) groups is 1. The molecule has 0 aliphatic rings. The van der Waals surface area contributed by atoms with Crippen LogP contribution in [0.25, 0.3) is 0 Å². The normalized spacial score (nSPS) is 11.4. The van der Waals surface area contributed by atoms with E-state index in [1.54, 1.807) is 7.11 Å². The van der Waals surface area contributed by atoms with Crippen molar-refractivity contribution in [3.8, 4) is 17.2 Å². The Morgan fingerprint density at radius 1 is 1.24 bits per heavy atom. The van der Waals surface area contributed by atoms with Gasteiger partial charge in [0.05, 0.1) is 23.4 Å². The summed E-state index contributed by atoms with van der Waals surface area (Å²) in [4.78, 5) is 20.3. The molecule has 29 heavy (non-hydrogen) atoms. The molecule has 2 aromatic rings. The Morgan fingerprint density at radius 2 is 1.93 bits per heavy atom. The molecule has 1 amide bonds. The van der Waals surface area contributed by atoms with E-state index in [4.69, 9.17) is 15.2 Å². The van der Waals surface area contributed by atoms with Crippen molar-refractivity contribution in [2.75, 3.05) is 24.7 Å². The predicted octanol–water partition coefficient (Wildman–Crippen LogP) is 3.91. The quantitative estimate of drug-likeness (QED) is 0.482. The van der Waals surface area contributed by atoms with E-state index in [-0.39, 0.29) is 35.7 Å². The highest BCUT2D eigenvalue weighted by Crippen LogP contribution is 2.37. The number of hydrogen-bond acceptors (Lipinski definition) is 7. The van der Waals surface area contributed by atoms with Crippen molar-refractivity contribution < 1.29 is 14.3 Å². The number of amides is 1. The summed E-state index contributed by atoms with van der Waals surface area (Å²) in [6.07, 6.45) is 1.45. The van der Waals surface area contributed by atoms with E-state index in [0.717, 1.165) is 14.9 Å². The van der Waals surface area contributed by atoms with E-state index in [1.165, 1.54) is 6.20 Å². The third-order valence-corrected chi connectivity index (χ3v) is 4.78. The van der Waals surface area contributed by atoms with Crippen LogP contribution in [0.2, 0.25) is 0 Å². The molecule has 1 heterocycles. The molecular formula is C20H28IN5O3. The van der Waals surface area contributed by atoms with Crippen LogP contribution in [0.4, 0.5) is 11.8 Å². The number of methoxy groups -OCH3 is 1. The van der Waals surface area contributed by atoms with Gasteiger partial charge in [0, 0.05) is 11.1 Å². The van der Waals surface area contributed by atoms with E-state index in [2.05, 4.69) is 57.0 Å². The zero-order valence-corrected chi connectivity index (χ0v) is 19.7. The molecule has 158 valence electrons. The number of anilines is 2. The number of benzene rings is 1. The first kappa shape index (κ1) is 23.1. The molecule has 0 saturated heterocycles. The van der Waals surface area contributed by atoms with Crippen LogP contribution in [0.15, 0.2) is 18.3 Å². The minimum atomic E-state index is -0.250. The minimum Gasteiger partial charge on any atom is -0.496 e. The second-order valence-corrected chi connectivity index (χ2v) is 9.04. The van der Waals surface area contributed by atoms with Gasteiger partial charge in [-0.2, -0.15) is 4.98 Å². The van der Waals surface area contributed by atoms with E-state index in [9.17, 15) is 4.79 Å². The molecule has 0 fully saturated rings. The predicted molar refractivity (Wildman–Crippen MR) is 123 cm³/mol. The second-order valence-electron chi connectivity index (χ2n) is 7.88. The number of nitrogen functional groups attached to an aromatic ring is 1. The van der Waals surface area contributed by atoms with Crippen LogP contribution < -0.4 is 25.8 Å². The number of halogens is 1. The summed E-state index contributed by atoms with van der Waals surface area (Å²) >= 11 is 2.19. The van der Waals surface area contributed by atoms with Crippen LogP contribution >= 0.6 is 22.6 Å². The zero-order chi connectivity index (χ0) is 21.8. The third-order valence-electron chi connectivity index (χ3n) is 3.94. The monoisotopic (exact) mass is 513 g/mol. The van der Waals surface area contributed by atoms with Gasteiger partial charge in [0.25, 0.3) is 0 Å². The Hall–Kier alpha value is -2.14. The van der Waals surface area contributed by atoms with Gasteiger partial charge in [-0.25, -0.2) is 4.98 Å². The number of nitrogens with two attached hydrogens (primary N) is 1. The van der Waals surface area contributed by atoms with Crippen LogP contribution in [0.5, 0.6) is 17.2 Å². The van der Waals surface area contributed by atoms with Gasteiger partial charge in [-0.3, -0.25) is 10.1 Å². The molecule has 0 saturated carbocycles. The van der Waals surface area contributed by atoms with Crippen molar-refractivity contribution in [3.63, 3.8) is 0 Å². The maximum atomic E-state index is 12.0. The summed E-state index contributed by atoms with van der Waals surface area (Å²) in [5, 5.41) is 5.72. The lowest BCUT2D eigenvalue weighted by Crippen LogP contribution is -2.41. The van der Waals surface area contributed by atoms with Crippen LogP contribution in [0.1, 0.15) is 46.1 Å². The standard InChI is InChI=1S/C20H28IN5O3/c1-11(2)12-7-15(28-6)13(21)8-14(12)29-16-9-23-19(26-18(16)22)25-17(27)10-24-20(3,4)5/h7-9,11,24H,10H2,1-6H3,(H3,22,23,25,26,27). The first-order valence-electron chi connectivity index (χ1n) is 9.23. The lowest BCUT2D eigenvalue weighted by Gasteiger charge is -2.19. The summed E-state index contributed by atoms with van der Waals surface area (Å²) < 4.78 is 12.3. The van der Waals surface area contributed by atoms with Gasteiger partial charge in [0.15, 0.2) is 11.6 Å². The molecule has 8 nitrogen and oxygen atoms in total. The smallest absolute Gasteiger partial charge is 0.240 e. The van der Waals surface area contributed by atoms with Crippen LogP contribution in [0.3, 0.4) is 0 Å². The molecule has 0 spiro atoms. The van der Waals surface area contributed by atoms with Crippen LogP contribution in [-0.2, 0) is 4.79 Å². The Kier molecular flexibility index (Phi) is 7.64. The van der Waals surface area contributed by atoms with Crippen molar-refractivity contribution in [2.24, 2.45) is 0 Å². The van der Waals surface area contributed by atoms with Gasteiger partial charge in [-0.1, -0.05) is 13.8 Å². The average Bonchev–Trinajstić information content (AvgIpc) is 2.61. The topological polar surface area (TPSA) is 111 Å². The molecule has 0 aliphatic carbocycles. The molecule has 0 atom stereocenters. The highest BCUT2D eigenvalue weighted by Gasteiger charge is 2.17. The van der Waals surface area contributed by atoms with Gasteiger partial charge >= 0.3 is 0 Å². The van der Waals surface area contributed by atoms with Gasteiger partial charge < -0.3 is 20.5 Å². The van der Waals surface area contributed by atoms with Gasteiger partial charge in [-0.15, -0.1) is 0 Å². The third kappa shape index (κ3) is 6.70. The van der Waals surface area contributed by atoms with Gasteiger partial charge in [-0.05, 0) is 61.4 Å². The molecule has 1 aromatic carbocycles. The molecule has 0 radical (unpaired) electrons. The Labute approximate surface area is 185 Å². The SMILES string of the molecule is COc1cc(C(C)C)c(Oc2cnc(NC(=O)CNC(C)(C)C)nc2N)cc1I. The summed E-state index contributed by atoms with van der Waals surface area (Å²) in [5.41, 5.74) is 6.85. The van der Waals surface area contributed by atoms with E-state index in [0.29, 0.717) is 11.5 Å². The first-order chi connectivity index (χ1) is 13.5. The number of nitrogens with one attached hydrogen (secondary N) is 2. The lowest BCUT2D eigenvalue weighted by atomic mass is 10.0. The van der Waals surface area contributed by atoms with Crippen molar-refractivity contribution in [1.29, 1.82) is 0 Å². The number of hydrogen-bond donors (Lipinski definition) is 3. The lowest BCUT2D eigenvalue weighted by molar-refractivity contribution is -0.115.